The molecule has 0 aliphatic carbocycles. The maximum atomic E-state index is 15.1. The number of fused-ring (bicyclic) bond motifs is 1. The molecular weight excluding hydrogens is 503 g/mol. The second-order valence-corrected chi connectivity index (χ2v) is 8.94. The van der Waals surface area contributed by atoms with Gasteiger partial charge in [-0.15, -0.1) is 0 Å². The van der Waals surface area contributed by atoms with Gasteiger partial charge in [0.05, 0.1) is 18.0 Å². The number of amides is 1. The van der Waals surface area contributed by atoms with Gasteiger partial charge in [-0.1, -0.05) is 12.6 Å². The normalized spacial score (nSPS) is 13.8. The molecular formula is C27H27FN8O3. The molecule has 200 valence electrons. The molecule has 0 unspecified atom stereocenters. The minimum atomic E-state index is -0.501. The summed E-state index contributed by atoms with van der Waals surface area (Å²) in [6.45, 7) is 7.29. The number of carbonyl (C=O) groups excluding carboxylic acids is 1. The van der Waals surface area contributed by atoms with Crippen molar-refractivity contribution in [3.05, 3.63) is 83.8 Å². The van der Waals surface area contributed by atoms with Crippen LogP contribution in [0.1, 0.15) is 0 Å². The summed E-state index contributed by atoms with van der Waals surface area (Å²) in [6.07, 6.45) is 3.85. The van der Waals surface area contributed by atoms with Crippen LogP contribution in [0.3, 0.4) is 0 Å². The molecule has 1 amide bonds. The van der Waals surface area contributed by atoms with Crippen molar-refractivity contribution in [2.24, 2.45) is 0 Å². The van der Waals surface area contributed by atoms with Crippen LogP contribution in [0.25, 0.3) is 16.7 Å². The molecule has 1 saturated heterocycles. The van der Waals surface area contributed by atoms with Crippen LogP contribution in [0.4, 0.5) is 27.4 Å². The lowest BCUT2D eigenvalue weighted by molar-refractivity contribution is -0.111. The molecule has 2 aromatic carbocycles. The van der Waals surface area contributed by atoms with Crippen molar-refractivity contribution in [1.29, 1.82) is 0 Å². The van der Waals surface area contributed by atoms with E-state index in [4.69, 9.17) is 5.11 Å². The fourth-order valence-electron chi connectivity index (χ4n) is 4.41. The van der Waals surface area contributed by atoms with Gasteiger partial charge in [-0.25, -0.2) is 9.37 Å². The van der Waals surface area contributed by atoms with Crippen LogP contribution in [0.2, 0.25) is 0 Å². The first-order valence-corrected chi connectivity index (χ1v) is 12.4. The van der Waals surface area contributed by atoms with Gasteiger partial charge in [0.25, 0.3) is 5.56 Å². The molecule has 5 rings (SSSR count). The third kappa shape index (κ3) is 5.76. The minimum Gasteiger partial charge on any atom is -0.395 e. The number of halogens is 1. The topological polar surface area (TPSA) is 129 Å². The van der Waals surface area contributed by atoms with Gasteiger partial charge in [-0.2, -0.15) is 9.97 Å². The van der Waals surface area contributed by atoms with Crippen LogP contribution in [0, 0.1) is 5.82 Å². The SMILES string of the molecule is C=CC(=O)Nc1cccc(-n2cnc(=O)c3cnc(Nc4ccc(N5CCN(CCO)CC5)cc4F)nc32)c1. The van der Waals surface area contributed by atoms with Crippen molar-refractivity contribution < 1.29 is 14.3 Å². The molecule has 1 aliphatic rings. The summed E-state index contributed by atoms with van der Waals surface area (Å²) >= 11 is 0. The Morgan fingerprint density at radius 2 is 1.92 bits per heavy atom. The highest BCUT2D eigenvalue weighted by molar-refractivity contribution is 5.99. The van der Waals surface area contributed by atoms with E-state index in [1.165, 1.54) is 24.7 Å². The quantitative estimate of drug-likeness (QED) is 0.294. The Kier molecular flexibility index (Phi) is 7.57. The molecule has 1 fully saturated rings. The lowest BCUT2D eigenvalue weighted by Gasteiger charge is -2.35. The van der Waals surface area contributed by atoms with E-state index in [1.54, 1.807) is 34.9 Å². The minimum absolute atomic E-state index is 0.0993. The zero-order valence-electron chi connectivity index (χ0n) is 21.0. The van der Waals surface area contributed by atoms with E-state index >= 15 is 4.39 Å². The number of hydrogen-bond acceptors (Lipinski definition) is 9. The second kappa shape index (κ2) is 11.4. The van der Waals surface area contributed by atoms with Gasteiger partial charge in [0.1, 0.15) is 17.5 Å². The van der Waals surface area contributed by atoms with Crippen LogP contribution in [0.15, 0.2) is 72.4 Å². The van der Waals surface area contributed by atoms with Crippen molar-refractivity contribution in [1.82, 2.24) is 24.4 Å². The van der Waals surface area contributed by atoms with Gasteiger partial charge in [0.2, 0.25) is 11.9 Å². The highest BCUT2D eigenvalue weighted by Crippen LogP contribution is 2.26. The highest BCUT2D eigenvalue weighted by atomic mass is 19.1. The average molecular weight is 531 g/mol. The standard InChI is InChI=1S/C27H27FN8O3/c1-2-24(38)31-18-4-3-5-20(14-18)36-17-30-26(39)21-16-29-27(33-25(21)36)32-23-7-6-19(15-22(23)28)35-10-8-34(9-11-35)12-13-37/h2-7,14-17,37H,1,8-13H2,(H,31,38)(H,29,32,33). The Morgan fingerprint density at radius 3 is 2.67 bits per heavy atom. The van der Waals surface area contributed by atoms with Crippen LogP contribution < -0.4 is 21.1 Å². The third-order valence-electron chi connectivity index (χ3n) is 6.45. The van der Waals surface area contributed by atoms with E-state index in [9.17, 15) is 9.59 Å². The number of aromatic nitrogens is 4. The number of aliphatic hydroxyl groups excluding tert-OH is 1. The van der Waals surface area contributed by atoms with Crippen molar-refractivity contribution in [3.63, 3.8) is 0 Å². The van der Waals surface area contributed by atoms with Crippen LogP contribution in [-0.4, -0.2) is 74.8 Å². The number of hydrogen-bond donors (Lipinski definition) is 3. The van der Waals surface area contributed by atoms with Gasteiger partial charge in [0.15, 0.2) is 5.65 Å². The molecule has 11 nitrogen and oxygen atoms in total. The fourth-order valence-corrected chi connectivity index (χ4v) is 4.41. The molecule has 39 heavy (non-hydrogen) atoms. The Balaban J connectivity index is 1.41. The lowest BCUT2D eigenvalue weighted by Crippen LogP contribution is -2.47. The number of nitrogens with zero attached hydrogens (tertiary/aromatic N) is 6. The molecule has 0 radical (unpaired) electrons. The fraction of sp³-hybridized carbons (Fsp3) is 0.222. The lowest BCUT2D eigenvalue weighted by atomic mass is 10.2. The molecule has 0 spiro atoms. The smallest absolute Gasteiger partial charge is 0.283 e. The van der Waals surface area contributed by atoms with E-state index in [-0.39, 0.29) is 35.2 Å². The first kappa shape index (κ1) is 25.9. The number of β-amino-alcohol motifs (C(OH)–C–C–N with tert-alkyl or cyclic N) is 1. The number of rotatable bonds is 8. The molecule has 4 aromatic rings. The molecule has 2 aromatic heterocycles. The zero-order valence-corrected chi connectivity index (χ0v) is 21.0. The van der Waals surface area contributed by atoms with Gasteiger partial charge in [0, 0.05) is 50.3 Å². The van der Waals surface area contributed by atoms with E-state index in [1.807, 2.05) is 6.07 Å². The Labute approximate surface area is 223 Å². The number of piperazine rings is 1. The average Bonchev–Trinajstić information content (AvgIpc) is 2.95. The summed E-state index contributed by atoms with van der Waals surface area (Å²) in [5.74, 6) is -0.727. The first-order chi connectivity index (χ1) is 18.9. The molecule has 12 heteroatoms. The number of nitrogens with one attached hydrogen (secondary N) is 2. The van der Waals surface area contributed by atoms with Crippen molar-refractivity contribution >= 4 is 40.0 Å². The number of benzene rings is 2. The van der Waals surface area contributed by atoms with Crippen LogP contribution in [0.5, 0.6) is 0 Å². The summed E-state index contributed by atoms with van der Waals surface area (Å²) in [4.78, 5) is 41.0. The summed E-state index contributed by atoms with van der Waals surface area (Å²) in [5, 5.41) is 14.9. The van der Waals surface area contributed by atoms with Crippen molar-refractivity contribution in [3.8, 4) is 5.69 Å². The third-order valence-corrected chi connectivity index (χ3v) is 6.45. The van der Waals surface area contributed by atoms with Gasteiger partial charge < -0.3 is 20.6 Å². The molecule has 0 bridgehead atoms. The van der Waals surface area contributed by atoms with E-state index in [2.05, 4.69) is 42.0 Å². The summed E-state index contributed by atoms with van der Waals surface area (Å²) in [5.41, 5.74) is 1.83. The van der Waals surface area contributed by atoms with Crippen LogP contribution in [-0.2, 0) is 4.79 Å². The van der Waals surface area contributed by atoms with Gasteiger partial charge in [-0.3, -0.25) is 19.1 Å². The summed E-state index contributed by atoms with van der Waals surface area (Å²) in [6, 6.07) is 11.8. The maximum Gasteiger partial charge on any atom is 0.283 e. The number of carbonyl (C=O) groups is 1. The van der Waals surface area contributed by atoms with Crippen molar-refractivity contribution in [2.45, 2.75) is 0 Å². The second-order valence-electron chi connectivity index (χ2n) is 8.94. The first-order valence-electron chi connectivity index (χ1n) is 12.4. The zero-order chi connectivity index (χ0) is 27.4. The van der Waals surface area contributed by atoms with E-state index in [0.29, 0.717) is 17.9 Å². The van der Waals surface area contributed by atoms with Crippen LogP contribution >= 0.6 is 0 Å². The molecule has 0 saturated carbocycles. The monoisotopic (exact) mass is 530 g/mol. The number of aliphatic hydroxyl groups is 1. The molecule has 3 N–H and O–H groups in total. The number of anilines is 4. The van der Waals surface area contributed by atoms with Crippen molar-refractivity contribution in [2.75, 3.05) is 54.9 Å². The molecule has 1 aliphatic heterocycles. The Bertz CT molecular complexity index is 1580. The van der Waals surface area contributed by atoms with E-state index < -0.39 is 11.4 Å². The Hall–Kier alpha value is -4.68. The predicted molar refractivity (Wildman–Crippen MR) is 147 cm³/mol. The predicted octanol–water partition coefficient (Wildman–Crippen LogP) is 2.30. The van der Waals surface area contributed by atoms with Gasteiger partial charge >= 0.3 is 0 Å². The largest absolute Gasteiger partial charge is 0.395 e. The summed E-state index contributed by atoms with van der Waals surface area (Å²) in [7, 11) is 0. The Morgan fingerprint density at radius 1 is 1.10 bits per heavy atom. The molecule has 0 atom stereocenters. The van der Waals surface area contributed by atoms with Gasteiger partial charge in [-0.05, 0) is 42.5 Å². The summed E-state index contributed by atoms with van der Waals surface area (Å²) < 4.78 is 16.7. The maximum absolute atomic E-state index is 15.1. The van der Waals surface area contributed by atoms with E-state index in [0.717, 1.165) is 31.9 Å². The highest BCUT2D eigenvalue weighted by Gasteiger charge is 2.18. The molecule has 3 heterocycles.